The summed E-state index contributed by atoms with van der Waals surface area (Å²) in [5.41, 5.74) is 1.20. The van der Waals surface area contributed by atoms with E-state index in [1.165, 1.54) is 5.56 Å². The lowest BCUT2D eigenvalue weighted by Crippen LogP contribution is -2.40. The summed E-state index contributed by atoms with van der Waals surface area (Å²) in [6.45, 7) is 11.6. The van der Waals surface area contributed by atoms with Crippen LogP contribution in [0, 0.1) is 6.92 Å². The third-order valence-corrected chi connectivity index (χ3v) is 4.68. The van der Waals surface area contributed by atoms with Crippen LogP contribution in [0.15, 0.2) is 29.3 Å². The number of benzene rings is 1. The van der Waals surface area contributed by atoms with Crippen LogP contribution in [-0.2, 0) is 0 Å². The normalized spacial score (nSPS) is 16.9. The van der Waals surface area contributed by atoms with Gasteiger partial charge in [-0.2, -0.15) is 0 Å². The number of aliphatic imine (C=N–C) groups is 1. The van der Waals surface area contributed by atoms with Crippen molar-refractivity contribution in [2.75, 3.05) is 39.3 Å². The van der Waals surface area contributed by atoms with Crippen LogP contribution in [0.1, 0.15) is 38.7 Å². The summed E-state index contributed by atoms with van der Waals surface area (Å²) in [6.07, 6.45) is 2.78. The number of hydrogen-bond acceptors (Lipinski definition) is 4. The van der Waals surface area contributed by atoms with Crippen LogP contribution in [0.2, 0.25) is 0 Å². The second-order valence-electron chi connectivity index (χ2n) is 7.32. The first kappa shape index (κ1) is 25.0. The van der Waals surface area contributed by atoms with Gasteiger partial charge in [-0.05, 0) is 64.3 Å². The van der Waals surface area contributed by atoms with Crippen LogP contribution in [0.5, 0.6) is 5.75 Å². The summed E-state index contributed by atoms with van der Waals surface area (Å²) < 4.78 is 5.95. The highest BCUT2D eigenvalue weighted by molar-refractivity contribution is 14.0. The molecule has 0 amide bonds. The molecule has 0 aliphatic carbocycles. The first-order valence-electron chi connectivity index (χ1n) is 10.2. The van der Waals surface area contributed by atoms with Crippen molar-refractivity contribution < 1.29 is 9.84 Å². The number of aryl methyl sites for hydroxylation is 1. The molecule has 1 saturated heterocycles. The van der Waals surface area contributed by atoms with E-state index < -0.39 is 0 Å². The van der Waals surface area contributed by atoms with Crippen LogP contribution in [-0.4, -0.2) is 67.4 Å². The Morgan fingerprint density at radius 3 is 2.75 bits per heavy atom. The Labute approximate surface area is 187 Å². The first-order valence-corrected chi connectivity index (χ1v) is 10.2. The number of ether oxygens (including phenoxy) is 1. The zero-order chi connectivity index (χ0) is 19.5. The topological polar surface area (TPSA) is 69.1 Å². The smallest absolute Gasteiger partial charge is 0.191 e. The van der Waals surface area contributed by atoms with Crippen LogP contribution < -0.4 is 15.4 Å². The Morgan fingerprint density at radius 1 is 1.32 bits per heavy atom. The van der Waals surface area contributed by atoms with Gasteiger partial charge in [0.15, 0.2) is 5.96 Å². The van der Waals surface area contributed by atoms with E-state index in [-0.39, 0.29) is 36.2 Å². The Bertz CT molecular complexity index is 577. The molecule has 0 spiro atoms. The van der Waals surface area contributed by atoms with E-state index >= 15 is 0 Å². The van der Waals surface area contributed by atoms with Crippen molar-refractivity contribution in [1.29, 1.82) is 0 Å². The molecule has 6 nitrogen and oxygen atoms in total. The molecule has 1 atom stereocenters. The van der Waals surface area contributed by atoms with E-state index in [0.29, 0.717) is 6.54 Å². The van der Waals surface area contributed by atoms with Gasteiger partial charge in [-0.3, -0.25) is 0 Å². The number of aliphatic hydroxyl groups is 1. The highest BCUT2D eigenvalue weighted by atomic mass is 127. The molecule has 1 aliphatic heterocycles. The minimum atomic E-state index is -0.101. The standard InChI is InChI=1S/C21H36N4O2.HI/c1-4-22-21(23-11-6-12-25-13-9-19(26)10-14-25)24-16-18(3)27-20-8-5-7-17(2)15-20;/h5,7-8,15,18-19,26H,4,6,9-14,16H2,1-3H3,(H2,22,23,24);1H. The number of nitrogens with one attached hydrogen (secondary N) is 2. The van der Waals surface area contributed by atoms with Crippen molar-refractivity contribution in [2.24, 2.45) is 4.99 Å². The van der Waals surface area contributed by atoms with Crippen molar-refractivity contribution in [2.45, 2.75) is 52.2 Å². The zero-order valence-corrected chi connectivity index (χ0v) is 19.8. The number of nitrogens with zero attached hydrogens (tertiary/aromatic N) is 2. The summed E-state index contributed by atoms with van der Waals surface area (Å²) in [7, 11) is 0. The Balaban J connectivity index is 0.00000392. The molecule has 2 rings (SSSR count). The van der Waals surface area contributed by atoms with E-state index in [9.17, 15) is 5.11 Å². The van der Waals surface area contributed by atoms with Gasteiger partial charge in [-0.15, -0.1) is 24.0 Å². The van der Waals surface area contributed by atoms with Crippen molar-refractivity contribution >= 4 is 29.9 Å². The maximum Gasteiger partial charge on any atom is 0.191 e. The monoisotopic (exact) mass is 504 g/mol. The number of guanidine groups is 1. The van der Waals surface area contributed by atoms with Gasteiger partial charge in [0.1, 0.15) is 11.9 Å². The van der Waals surface area contributed by atoms with Gasteiger partial charge in [0.25, 0.3) is 0 Å². The molecule has 1 aromatic rings. The third kappa shape index (κ3) is 9.93. The van der Waals surface area contributed by atoms with E-state index in [4.69, 9.17) is 4.74 Å². The van der Waals surface area contributed by atoms with Crippen molar-refractivity contribution in [3.63, 3.8) is 0 Å². The Kier molecular flexibility index (Phi) is 12.5. The molecule has 3 N–H and O–H groups in total. The van der Waals surface area contributed by atoms with Crippen molar-refractivity contribution in [3.05, 3.63) is 29.8 Å². The lowest BCUT2D eigenvalue weighted by Gasteiger charge is -2.29. The molecule has 1 unspecified atom stereocenters. The van der Waals surface area contributed by atoms with Crippen LogP contribution >= 0.6 is 24.0 Å². The molecule has 1 aliphatic rings. The summed E-state index contributed by atoms with van der Waals surface area (Å²) in [5, 5.41) is 16.3. The van der Waals surface area contributed by atoms with Gasteiger partial charge in [-0.25, -0.2) is 4.99 Å². The average molecular weight is 504 g/mol. The largest absolute Gasteiger partial charge is 0.489 e. The van der Waals surface area contributed by atoms with Crippen LogP contribution in [0.3, 0.4) is 0 Å². The maximum atomic E-state index is 9.57. The summed E-state index contributed by atoms with van der Waals surface area (Å²) >= 11 is 0. The SMILES string of the molecule is CCNC(=NCC(C)Oc1cccc(C)c1)NCCCN1CCC(O)CC1.I. The van der Waals surface area contributed by atoms with E-state index in [1.54, 1.807) is 0 Å². The van der Waals surface area contributed by atoms with Crippen LogP contribution in [0.4, 0.5) is 0 Å². The third-order valence-electron chi connectivity index (χ3n) is 4.68. The molecule has 28 heavy (non-hydrogen) atoms. The molecule has 0 radical (unpaired) electrons. The fourth-order valence-electron chi connectivity index (χ4n) is 3.17. The first-order chi connectivity index (χ1) is 13.1. The summed E-state index contributed by atoms with van der Waals surface area (Å²) in [4.78, 5) is 7.08. The molecule has 1 fully saturated rings. The van der Waals surface area contributed by atoms with Gasteiger partial charge in [0, 0.05) is 26.2 Å². The quantitative estimate of drug-likeness (QED) is 0.209. The molecule has 160 valence electrons. The number of hydrogen-bond donors (Lipinski definition) is 3. The number of aliphatic hydroxyl groups excluding tert-OH is 1. The van der Waals surface area contributed by atoms with E-state index in [1.807, 2.05) is 25.1 Å². The van der Waals surface area contributed by atoms with Crippen molar-refractivity contribution in [1.82, 2.24) is 15.5 Å². The fourth-order valence-corrected chi connectivity index (χ4v) is 3.17. The lowest BCUT2D eigenvalue weighted by molar-refractivity contribution is 0.0823. The van der Waals surface area contributed by atoms with Gasteiger partial charge in [0.2, 0.25) is 0 Å². The number of likely N-dealkylation sites (tertiary alicyclic amines) is 1. The van der Waals surface area contributed by atoms with E-state index in [0.717, 1.165) is 63.7 Å². The minimum Gasteiger partial charge on any atom is -0.489 e. The fraction of sp³-hybridized carbons (Fsp3) is 0.667. The predicted molar refractivity (Wildman–Crippen MR) is 127 cm³/mol. The Hall–Kier alpha value is -1.06. The van der Waals surface area contributed by atoms with Gasteiger partial charge in [0.05, 0.1) is 12.6 Å². The van der Waals surface area contributed by atoms with Crippen LogP contribution in [0.25, 0.3) is 0 Å². The number of piperidine rings is 1. The molecule has 0 saturated carbocycles. The lowest BCUT2D eigenvalue weighted by atomic mass is 10.1. The van der Waals surface area contributed by atoms with E-state index in [2.05, 4.69) is 40.4 Å². The minimum absolute atomic E-state index is 0. The highest BCUT2D eigenvalue weighted by Crippen LogP contribution is 2.14. The van der Waals surface area contributed by atoms with Gasteiger partial charge < -0.3 is 25.4 Å². The second-order valence-corrected chi connectivity index (χ2v) is 7.32. The molecule has 0 aromatic heterocycles. The Morgan fingerprint density at radius 2 is 2.07 bits per heavy atom. The maximum absolute atomic E-state index is 9.57. The van der Waals surface area contributed by atoms with Gasteiger partial charge in [-0.1, -0.05) is 12.1 Å². The summed E-state index contributed by atoms with van der Waals surface area (Å²) in [5.74, 6) is 1.73. The molecular formula is C21H37IN4O2. The number of rotatable bonds is 9. The molecule has 0 bridgehead atoms. The highest BCUT2D eigenvalue weighted by Gasteiger charge is 2.16. The molecule has 1 aromatic carbocycles. The summed E-state index contributed by atoms with van der Waals surface area (Å²) in [6, 6.07) is 8.10. The second kappa shape index (κ2) is 14.0. The molecular weight excluding hydrogens is 467 g/mol. The van der Waals surface area contributed by atoms with Crippen molar-refractivity contribution in [3.8, 4) is 5.75 Å². The number of halogens is 1. The molecule has 7 heteroatoms. The zero-order valence-electron chi connectivity index (χ0n) is 17.5. The predicted octanol–water partition coefficient (Wildman–Crippen LogP) is 2.78. The average Bonchev–Trinajstić information content (AvgIpc) is 2.64. The molecule has 1 heterocycles. The van der Waals surface area contributed by atoms with Gasteiger partial charge >= 0.3 is 0 Å².